The second-order valence-electron chi connectivity index (χ2n) is 6.59. The van der Waals surface area contributed by atoms with E-state index in [1.54, 1.807) is 0 Å². The number of rotatable bonds is 6. The zero-order valence-corrected chi connectivity index (χ0v) is 14.2. The topological polar surface area (TPSA) is 39.9 Å². The van der Waals surface area contributed by atoms with Gasteiger partial charge in [0, 0.05) is 5.56 Å². The van der Waals surface area contributed by atoms with Gasteiger partial charge in [-0.3, -0.25) is 0 Å². The molecule has 0 amide bonds. The highest BCUT2D eigenvalue weighted by Gasteiger charge is 2.21. The summed E-state index contributed by atoms with van der Waals surface area (Å²) in [6, 6.07) is 8.41. The summed E-state index contributed by atoms with van der Waals surface area (Å²) in [6.07, 6.45) is 10.8. The summed E-state index contributed by atoms with van der Waals surface area (Å²) in [7, 11) is 0. The minimum Gasteiger partial charge on any atom is -0.353 e. The number of nitrogens with zero attached hydrogens (tertiary/aromatic N) is 3. The fraction of sp³-hybridized carbons (Fsp3) is 0.579. The molecule has 0 bridgehead atoms. The molecule has 2 aromatic rings. The molecule has 1 atom stereocenters. The van der Waals surface area contributed by atoms with Gasteiger partial charge in [0.1, 0.15) is 5.69 Å². The maximum absolute atomic E-state index is 6.35. The van der Waals surface area contributed by atoms with Crippen LogP contribution in [0.15, 0.2) is 30.5 Å². The lowest BCUT2D eigenvalue weighted by Gasteiger charge is -2.27. The standard InChI is InChI=1S/C19H27N3O/c1-3-7-19(23-17-8-5-4-6-9-17)22-14-18(20-21-22)16-12-10-15(2)11-13-16/h10-14,17,19H,3-9H2,1-2H3. The predicted octanol–water partition coefficient (Wildman–Crippen LogP) is 4.90. The van der Waals surface area contributed by atoms with Gasteiger partial charge in [-0.15, -0.1) is 5.10 Å². The molecule has 0 spiro atoms. The molecule has 4 nitrogen and oxygen atoms in total. The maximum Gasteiger partial charge on any atom is 0.152 e. The van der Waals surface area contributed by atoms with Crippen LogP contribution < -0.4 is 0 Å². The predicted molar refractivity (Wildman–Crippen MR) is 92.1 cm³/mol. The Bertz CT molecular complexity index is 599. The molecule has 1 unspecified atom stereocenters. The molecular weight excluding hydrogens is 286 g/mol. The van der Waals surface area contributed by atoms with Crippen LogP contribution in [0.25, 0.3) is 11.3 Å². The minimum atomic E-state index is 0.00907. The van der Waals surface area contributed by atoms with E-state index < -0.39 is 0 Å². The minimum absolute atomic E-state index is 0.00907. The second-order valence-corrected chi connectivity index (χ2v) is 6.59. The van der Waals surface area contributed by atoms with Crippen LogP contribution in [0.1, 0.15) is 63.7 Å². The SMILES string of the molecule is CCCC(OC1CCCCC1)n1cc(-c2ccc(C)cc2)nn1. The summed E-state index contributed by atoms with van der Waals surface area (Å²) < 4.78 is 8.26. The lowest BCUT2D eigenvalue weighted by molar-refractivity contribution is -0.0787. The van der Waals surface area contributed by atoms with Crippen LogP contribution in [-0.4, -0.2) is 21.1 Å². The molecular formula is C19H27N3O. The second kappa shape index (κ2) is 7.73. The van der Waals surface area contributed by atoms with E-state index in [1.165, 1.54) is 37.7 Å². The first-order valence-electron chi connectivity index (χ1n) is 8.90. The van der Waals surface area contributed by atoms with Crippen LogP contribution in [0.2, 0.25) is 0 Å². The van der Waals surface area contributed by atoms with Crippen molar-refractivity contribution < 1.29 is 4.74 Å². The molecule has 1 fully saturated rings. The number of aryl methyl sites for hydroxylation is 1. The highest BCUT2D eigenvalue weighted by molar-refractivity contribution is 5.57. The Morgan fingerprint density at radius 2 is 1.91 bits per heavy atom. The first-order chi connectivity index (χ1) is 11.3. The van der Waals surface area contributed by atoms with Crippen molar-refractivity contribution in [3.63, 3.8) is 0 Å². The van der Waals surface area contributed by atoms with Crippen LogP contribution >= 0.6 is 0 Å². The van der Waals surface area contributed by atoms with Crippen molar-refractivity contribution in [1.29, 1.82) is 0 Å². The lowest BCUT2D eigenvalue weighted by atomic mass is 9.98. The van der Waals surface area contributed by atoms with Gasteiger partial charge >= 0.3 is 0 Å². The summed E-state index contributed by atoms with van der Waals surface area (Å²) in [6.45, 7) is 4.28. The maximum atomic E-state index is 6.35. The summed E-state index contributed by atoms with van der Waals surface area (Å²) >= 11 is 0. The van der Waals surface area contributed by atoms with Gasteiger partial charge < -0.3 is 4.74 Å². The third kappa shape index (κ3) is 4.20. The number of ether oxygens (including phenoxy) is 1. The average Bonchev–Trinajstić information content (AvgIpc) is 3.06. The first kappa shape index (κ1) is 16.2. The molecule has 3 rings (SSSR count). The van der Waals surface area contributed by atoms with E-state index in [4.69, 9.17) is 4.74 Å². The molecule has 124 valence electrons. The third-order valence-electron chi connectivity index (χ3n) is 4.59. The van der Waals surface area contributed by atoms with Gasteiger partial charge in [0.25, 0.3) is 0 Å². The van der Waals surface area contributed by atoms with Crippen molar-refractivity contribution in [3.8, 4) is 11.3 Å². The van der Waals surface area contributed by atoms with Crippen molar-refractivity contribution >= 4 is 0 Å². The Hall–Kier alpha value is -1.68. The van der Waals surface area contributed by atoms with Gasteiger partial charge in [-0.1, -0.05) is 67.6 Å². The van der Waals surface area contributed by atoms with Gasteiger partial charge in [0.15, 0.2) is 6.23 Å². The largest absolute Gasteiger partial charge is 0.353 e. The molecule has 1 saturated carbocycles. The van der Waals surface area contributed by atoms with E-state index in [9.17, 15) is 0 Å². The van der Waals surface area contributed by atoms with Crippen molar-refractivity contribution in [2.24, 2.45) is 0 Å². The van der Waals surface area contributed by atoms with Crippen LogP contribution in [0.3, 0.4) is 0 Å². The third-order valence-corrected chi connectivity index (χ3v) is 4.59. The summed E-state index contributed by atoms with van der Waals surface area (Å²) in [5.41, 5.74) is 3.28. The smallest absolute Gasteiger partial charge is 0.152 e. The van der Waals surface area contributed by atoms with Crippen molar-refractivity contribution in [3.05, 3.63) is 36.0 Å². The van der Waals surface area contributed by atoms with Gasteiger partial charge in [-0.05, 0) is 26.2 Å². The van der Waals surface area contributed by atoms with Crippen LogP contribution in [-0.2, 0) is 4.74 Å². The Morgan fingerprint density at radius 3 is 2.61 bits per heavy atom. The quantitative estimate of drug-likeness (QED) is 0.761. The highest BCUT2D eigenvalue weighted by Crippen LogP contribution is 2.27. The molecule has 0 aliphatic heterocycles. The van der Waals surface area contributed by atoms with Gasteiger partial charge in [-0.25, -0.2) is 4.68 Å². The molecule has 1 aromatic carbocycles. The fourth-order valence-corrected chi connectivity index (χ4v) is 3.21. The van der Waals surface area contributed by atoms with Crippen molar-refractivity contribution in [2.45, 2.75) is 71.1 Å². The van der Waals surface area contributed by atoms with Gasteiger partial charge in [0.2, 0.25) is 0 Å². The molecule has 4 heteroatoms. The Kier molecular flexibility index (Phi) is 5.44. The molecule has 1 aromatic heterocycles. The van der Waals surface area contributed by atoms with E-state index in [0.29, 0.717) is 6.10 Å². The zero-order valence-electron chi connectivity index (χ0n) is 14.2. The van der Waals surface area contributed by atoms with Gasteiger partial charge in [0.05, 0.1) is 12.3 Å². The van der Waals surface area contributed by atoms with E-state index in [1.807, 2.05) is 10.9 Å². The fourth-order valence-electron chi connectivity index (χ4n) is 3.21. The molecule has 0 radical (unpaired) electrons. The van der Waals surface area contributed by atoms with E-state index in [2.05, 4.69) is 48.4 Å². The first-order valence-corrected chi connectivity index (χ1v) is 8.90. The number of hydrogen-bond acceptors (Lipinski definition) is 3. The van der Waals surface area contributed by atoms with Crippen molar-refractivity contribution in [2.75, 3.05) is 0 Å². The van der Waals surface area contributed by atoms with Gasteiger partial charge in [-0.2, -0.15) is 0 Å². The average molecular weight is 313 g/mol. The number of hydrogen-bond donors (Lipinski definition) is 0. The van der Waals surface area contributed by atoms with E-state index >= 15 is 0 Å². The highest BCUT2D eigenvalue weighted by atomic mass is 16.5. The molecule has 1 aliphatic rings. The van der Waals surface area contributed by atoms with Crippen LogP contribution in [0, 0.1) is 6.92 Å². The Balaban J connectivity index is 1.73. The van der Waals surface area contributed by atoms with Crippen LogP contribution in [0.4, 0.5) is 0 Å². The molecule has 1 heterocycles. The molecule has 0 saturated heterocycles. The van der Waals surface area contributed by atoms with E-state index in [-0.39, 0.29) is 6.23 Å². The number of aromatic nitrogens is 3. The number of benzene rings is 1. The summed E-state index contributed by atoms with van der Waals surface area (Å²) in [5, 5.41) is 8.69. The molecule has 23 heavy (non-hydrogen) atoms. The zero-order chi connectivity index (χ0) is 16.1. The summed E-state index contributed by atoms with van der Waals surface area (Å²) in [5.74, 6) is 0. The summed E-state index contributed by atoms with van der Waals surface area (Å²) in [4.78, 5) is 0. The lowest BCUT2D eigenvalue weighted by Crippen LogP contribution is -2.23. The molecule has 0 N–H and O–H groups in total. The Labute approximate surface area is 138 Å². The Morgan fingerprint density at radius 1 is 1.17 bits per heavy atom. The normalized spacial score (nSPS) is 17.3. The molecule has 1 aliphatic carbocycles. The van der Waals surface area contributed by atoms with E-state index in [0.717, 1.165) is 24.1 Å². The monoisotopic (exact) mass is 313 g/mol. The van der Waals surface area contributed by atoms with Crippen LogP contribution in [0.5, 0.6) is 0 Å². The van der Waals surface area contributed by atoms with Crippen molar-refractivity contribution in [1.82, 2.24) is 15.0 Å².